The summed E-state index contributed by atoms with van der Waals surface area (Å²) in [6.45, 7) is 8.14. The Morgan fingerprint density at radius 3 is 2.79 bits per heavy atom. The van der Waals surface area contributed by atoms with Gasteiger partial charge in [0.2, 0.25) is 0 Å². The minimum absolute atomic E-state index is 0.267. The first kappa shape index (κ1) is 14.4. The molecule has 1 aromatic carbocycles. The van der Waals surface area contributed by atoms with Crippen LogP contribution in [0.3, 0.4) is 0 Å². The third-order valence-electron chi connectivity index (χ3n) is 3.86. The van der Waals surface area contributed by atoms with Crippen LogP contribution >= 0.6 is 0 Å². The Kier molecular flexibility index (Phi) is 3.63. The molecule has 0 saturated carbocycles. The van der Waals surface area contributed by atoms with Gasteiger partial charge in [0.1, 0.15) is 11.4 Å². The van der Waals surface area contributed by atoms with Crippen molar-refractivity contribution in [1.82, 2.24) is 0 Å². The van der Waals surface area contributed by atoms with Crippen LogP contribution in [0.5, 0.6) is 5.75 Å². The fraction of sp³-hybridized carbons (Fsp3) is 0.625. The molecule has 1 aliphatic heterocycles. The maximum Gasteiger partial charge on any atom is 0.125 e. The van der Waals surface area contributed by atoms with Crippen molar-refractivity contribution in [2.45, 2.75) is 57.8 Å². The van der Waals surface area contributed by atoms with Crippen LogP contribution in [0.2, 0.25) is 0 Å². The summed E-state index contributed by atoms with van der Waals surface area (Å²) in [6.07, 6.45) is 0.859. The Labute approximate surface area is 115 Å². The lowest BCUT2D eigenvalue weighted by Gasteiger charge is -2.42. The standard InChI is InChI=1S/C16H24O3/c1-11-6-7-14-12(8-11)13(17)9-16(4,19-14)10-15(2,3)18-5/h6-8,13,17H,9-10H2,1-5H3/t13-,16?/m0/s1. The first-order valence-corrected chi connectivity index (χ1v) is 6.77. The molecule has 0 fully saturated rings. The van der Waals surface area contributed by atoms with E-state index in [0.717, 1.165) is 23.3 Å². The van der Waals surface area contributed by atoms with Gasteiger partial charge in [0.05, 0.1) is 11.7 Å². The van der Waals surface area contributed by atoms with Gasteiger partial charge in [-0.15, -0.1) is 0 Å². The molecule has 2 rings (SSSR count). The Morgan fingerprint density at radius 1 is 1.47 bits per heavy atom. The summed E-state index contributed by atoms with van der Waals surface area (Å²) in [4.78, 5) is 0. The molecule has 1 heterocycles. The molecule has 1 N–H and O–H groups in total. The quantitative estimate of drug-likeness (QED) is 0.909. The molecule has 1 aromatic rings. The molecule has 106 valence electrons. The average molecular weight is 264 g/mol. The van der Waals surface area contributed by atoms with Crippen LogP contribution < -0.4 is 4.74 Å². The Morgan fingerprint density at radius 2 is 2.16 bits per heavy atom. The van der Waals surface area contributed by atoms with Crippen LogP contribution in [0.25, 0.3) is 0 Å². The third kappa shape index (κ3) is 3.10. The number of benzene rings is 1. The molecule has 1 aliphatic rings. The second-order valence-electron chi connectivity index (χ2n) is 6.45. The number of methoxy groups -OCH3 is 1. The number of rotatable bonds is 3. The van der Waals surface area contributed by atoms with Crippen molar-refractivity contribution in [2.75, 3.05) is 7.11 Å². The summed E-state index contributed by atoms with van der Waals surface area (Å²) in [7, 11) is 1.71. The lowest BCUT2D eigenvalue weighted by atomic mass is 9.82. The second kappa shape index (κ2) is 4.80. The lowest BCUT2D eigenvalue weighted by Crippen LogP contribution is -2.44. The van der Waals surface area contributed by atoms with E-state index in [-0.39, 0.29) is 5.60 Å². The van der Waals surface area contributed by atoms with E-state index in [1.165, 1.54) is 0 Å². The zero-order valence-electron chi connectivity index (χ0n) is 12.5. The zero-order valence-corrected chi connectivity index (χ0v) is 12.5. The molecule has 0 amide bonds. The Hall–Kier alpha value is -1.06. The van der Waals surface area contributed by atoms with Gasteiger partial charge in [-0.05, 0) is 39.8 Å². The molecule has 3 heteroatoms. The number of fused-ring (bicyclic) bond motifs is 1. The van der Waals surface area contributed by atoms with Gasteiger partial charge in [-0.2, -0.15) is 0 Å². The van der Waals surface area contributed by atoms with Crippen LogP contribution in [0.15, 0.2) is 18.2 Å². The summed E-state index contributed by atoms with van der Waals surface area (Å²) in [5.41, 5.74) is 1.37. The van der Waals surface area contributed by atoms with E-state index in [1.807, 2.05) is 45.9 Å². The molecule has 19 heavy (non-hydrogen) atoms. The smallest absolute Gasteiger partial charge is 0.125 e. The second-order valence-corrected chi connectivity index (χ2v) is 6.45. The normalized spacial score (nSPS) is 26.7. The van der Waals surface area contributed by atoms with Crippen LogP contribution in [-0.4, -0.2) is 23.4 Å². The van der Waals surface area contributed by atoms with Crippen molar-refractivity contribution in [2.24, 2.45) is 0 Å². The van der Waals surface area contributed by atoms with E-state index in [4.69, 9.17) is 9.47 Å². The zero-order chi connectivity index (χ0) is 14.3. The summed E-state index contributed by atoms with van der Waals surface area (Å²) in [5.74, 6) is 0.791. The maximum absolute atomic E-state index is 10.4. The Bertz CT molecular complexity index is 467. The summed E-state index contributed by atoms with van der Waals surface area (Å²) in [6, 6.07) is 5.96. The average Bonchev–Trinajstić information content (AvgIpc) is 2.29. The third-order valence-corrected chi connectivity index (χ3v) is 3.86. The van der Waals surface area contributed by atoms with Gasteiger partial charge in [-0.1, -0.05) is 11.6 Å². The predicted molar refractivity (Wildman–Crippen MR) is 75.5 cm³/mol. The molecule has 0 aromatic heterocycles. The van der Waals surface area contributed by atoms with Crippen LogP contribution in [0, 0.1) is 6.92 Å². The lowest BCUT2D eigenvalue weighted by molar-refractivity contribution is -0.0746. The first-order chi connectivity index (χ1) is 8.75. The minimum atomic E-state index is -0.471. The van der Waals surface area contributed by atoms with Crippen LogP contribution in [0.1, 0.15) is 50.8 Å². The fourth-order valence-electron chi connectivity index (χ4n) is 2.93. The number of ether oxygens (including phenoxy) is 2. The highest BCUT2D eigenvalue weighted by Gasteiger charge is 2.40. The summed E-state index contributed by atoms with van der Waals surface area (Å²) < 4.78 is 11.6. The van der Waals surface area contributed by atoms with Gasteiger partial charge in [-0.25, -0.2) is 0 Å². The highest BCUT2D eigenvalue weighted by molar-refractivity contribution is 5.40. The number of aliphatic hydroxyl groups excluding tert-OH is 1. The molecule has 1 unspecified atom stereocenters. The van der Waals surface area contributed by atoms with Crippen LogP contribution in [-0.2, 0) is 4.74 Å². The van der Waals surface area contributed by atoms with Crippen LogP contribution in [0.4, 0.5) is 0 Å². The molecule has 0 radical (unpaired) electrons. The number of aliphatic hydroxyl groups is 1. The molecule has 2 atom stereocenters. The molecular weight excluding hydrogens is 240 g/mol. The van der Waals surface area contributed by atoms with Gasteiger partial charge in [-0.3, -0.25) is 0 Å². The van der Waals surface area contributed by atoms with E-state index in [9.17, 15) is 5.11 Å². The molecule has 0 spiro atoms. The SMILES string of the molecule is COC(C)(C)CC1(C)C[C@H](O)c2cc(C)ccc2O1. The van der Waals surface area contributed by atoms with E-state index in [0.29, 0.717) is 6.42 Å². The first-order valence-electron chi connectivity index (χ1n) is 6.77. The van der Waals surface area contributed by atoms with E-state index in [2.05, 4.69) is 0 Å². The van der Waals surface area contributed by atoms with Crippen molar-refractivity contribution in [3.8, 4) is 5.75 Å². The van der Waals surface area contributed by atoms with Crippen molar-refractivity contribution in [1.29, 1.82) is 0 Å². The van der Waals surface area contributed by atoms with Gasteiger partial charge in [0.25, 0.3) is 0 Å². The van der Waals surface area contributed by atoms with Crippen molar-refractivity contribution in [3.05, 3.63) is 29.3 Å². The van der Waals surface area contributed by atoms with Gasteiger partial charge in [0.15, 0.2) is 0 Å². The van der Waals surface area contributed by atoms with E-state index < -0.39 is 11.7 Å². The molecule has 0 aliphatic carbocycles. The highest BCUT2D eigenvalue weighted by Crippen LogP contribution is 2.43. The van der Waals surface area contributed by atoms with E-state index in [1.54, 1.807) is 7.11 Å². The number of hydrogen-bond acceptors (Lipinski definition) is 3. The molecule has 3 nitrogen and oxygen atoms in total. The van der Waals surface area contributed by atoms with Crippen molar-refractivity contribution < 1.29 is 14.6 Å². The Balaban J connectivity index is 2.27. The van der Waals surface area contributed by atoms with Gasteiger partial charge >= 0.3 is 0 Å². The monoisotopic (exact) mass is 264 g/mol. The van der Waals surface area contributed by atoms with Crippen molar-refractivity contribution in [3.63, 3.8) is 0 Å². The number of aryl methyl sites for hydroxylation is 1. The topological polar surface area (TPSA) is 38.7 Å². The summed E-state index contributed by atoms with van der Waals surface area (Å²) in [5, 5.41) is 10.4. The predicted octanol–water partition coefficient (Wildman–Crippen LogP) is 3.38. The van der Waals surface area contributed by atoms with Gasteiger partial charge in [0, 0.05) is 25.5 Å². The fourth-order valence-corrected chi connectivity index (χ4v) is 2.93. The number of hydrogen-bond donors (Lipinski definition) is 1. The molecular formula is C16H24O3. The van der Waals surface area contributed by atoms with Crippen molar-refractivity contribution >= 4 is 0 Å². The van der Waals surface area contributed by atoms with Gasteiger partial charge < -0.3 is 14.6 Å². The molecule has 0 saturated heterocycles. The molecule has 0 bridgehead atoms. The summed E-state index contributed by atoms with van der Waals surface area (Å²) >= 11 is 0. The minimum Gasteiger partial charge on any atom is -0.487 e. The largest absolute Gasteiger partial charge is 0.487 e. The maximum atomic E-state index is 10.4. The van der Waals surface area contributed by atoms with E-state index >= 15 is 0 Å². The highest BCUT2D eigenvalue weighted by atomic mass is 16.5.